The van der Waals surface area contributed by atoms with Crippen LogP contribution < -0.4 is 10.5 Å². The van der Waals surface area contributed by atoms with E-state index >= 15 is 0 Å². The molecule has 1 aliphatic rings. The highest BCUT2D eigenvalue weighted by Crippen LogP contribution is 2.13. The van der Waals surface area contributed by atoms with Gasteiger partial charge in [0, 0.05) is 19.6 Å². The molecule has 0 aromatic heterocycles. The van der Waals surface area contributed by atoms with E-state index in [0.29, 0.717) is 12.5 Å². The van der Waals surface area contributed by atoms with E-state index in [0.717, 1.165) is 50.6 Å². The monoisotopic (exact) mass is 332 g/mol. The van der Waals surface area contributed by atoms with Crippen LogP contribution in [0.25, 0.3) is 0 Å². The Hall–Kier alpha value is -1.75. The highest BCUT2D eigenvalue weighted by molar-refractivity contribution is 5.78. The lowest BCUT2D eigenvalue weighted by Crippen LogP contribution is -2.40. The van der Waals surface area contributed by atoms with Crippen molar-refractivity contribution >= 4 is 5.96 Å². The molecule has 5 nitrogen and oxygen atoms in total. The molecule has 1 aromatic carbocycles. The molecule has 0 radical (unpaired) electrons. The van der Waals surface area contributed by atoms with Crippen molar-refractivity contribution in [1.82, 2.24) is 9.80 Å². The van der Waals surface area contributed by atoms with Gasteiger partial charge in [0.15, 0.2) is 5.96 Å². The fourth-order valence-corrected chi connectivity index (χ4v) is 2.92. The largest absolute Gasteiger partial charge is 0.492 e. The Morgan fingerprint density at radius 2 is 1.79 bits per heavy atom. The zero-order valence-electron chi connectivity index (χ0n) is 15.2. The maximum absolute atomic E-state index is 6.09. The van der Waals surface area contributed by atoms with Crippen molar-refractivity contribution in [2.75, 3.05) is 39.3 Å². The zero-order chi connectivity index (χ0) is 17.2. The number of aliphatic imine (C=N–C) groups is 1. The molecule has 0 atom stereocenters. The lowest BCUT2D eigenvalue weighted by Gasteiger charge is -2.27. The lowest BCUT2D eigenvalue weighted by molar-refractivity contribution is 0.223. The molecule has 2 rings (SSSR count). The van der Waals surface area contributed by atoms with Crippen molar-refractivity contribution in [2.24, 2.45) is 10.7 Å². The van der Waals surface area contributed by atoms with Gasteiger partial charge in [-0.2, -0.15) is 0 Å². The fourth-order valence-electron chi connectivity index (χ4n) is 2.92. The van der Waals surface area contributed by atoms with Crippen LogP contribution in [0.4, 0.5) is 0 Å². The maximum Gasteiger partial charge on any atom is 0.191 e. The summed E-state index contributed by atoms with van der Waals surface area (Å²) in [6, 6.07) is 8.17. The summed E-state index contributed by atoms with van der Waals surface area (Å²) < 4.78 is 5.81. The molecule has 1 fully saturated rings. The van der Waals surface area contributed by atoms with E-state index in [2.05, 4.69) is 40.8 Å². The van der Waals surface area contributed by atoms with Crippen molar-refractivity contribution < 1.29 is 4.74 Å². The van der Waals surface area contributed by atoms with Crippen LogP contribution in [0.1, 0.15) is 38.7 Å². The highest BCUT2D eigenvalue weighted by atomic mass is 16.5. The van der Waals surface area contributed by atoms with Gasteiger partial charge in [0.2, 0.25) is 0 Å². The Morgan fingerprint density at radius 3 is 2.42 bits per heavy atom. The number of piperidine rings is 1. The van der Waals surface area contributed by atoms with Crippen LogP contribution in [0, 0.1) is 0 Å². The predicted molar refractivity (Wildman–Crippen MR) is 100 cm³/mol. The smallest absolute Gasteiger partial charge is 0.191 e. The first-order valence-electron chi connectivity index (χ1n) is 9.22. The molecule has 0 unspecified atom stereocenters. The first-order chi connectivity index (χ1) is 11.7. The van der Waals surface area contributed by atoms with Gasteiger partial charge < -0.3 is 20.3 Å². The van der Waals surface area contributed by atoms with Gasteiger partial charge in [-0.3, -0.25) is 0 Å². The normalized spacial score (nSPS) is 15.8. The topological polar surface area (TPSA) is 54.1 Å². The SMILES string of the molecule is CCN(CC)CCOc1ccc(CN=C(N)N2CCCCC2)cc1. The van der Waals surface area contributed by atoms with E-state index in [-0.39, 0.29) is 0 Å². The number of hydrogen-bond acceptors (Lipinski definition) is 3. The minimum absolute atomic E-state index is 0.627. The summed E-state index contributed by atoms with van der Waals surface area (Å²) in [7, 11) is 0. The van der Waals surface area contributed by atoms with E-state index in [4.69, 9.17) is 10.5 Å². The molecule has 0 spiro atoms. The third-order valence-electron chi connectivity index (χ3n) is 4.60. The van der Waals surface area contributed by atoms with Gasteiger partial charge in [-0.15, -0.1) is 0 Å². The number of nitrogens with zero attached hydrogens (tertiary/aromatic N) is 3. The molecular formula is C19H32N4O. The number of likely N-dealkylation sites (tertiary alicyclic amines) is 1. The van der Waals surface area contributed by atoms with Gasteiger partial charge >= 0.3 is 0 Å². The molecule has 1 aliphatic heterocycles. The molecule has 134 valence electrons. The van der Waals surface area contributed by atoms with Crippen LogP contribution in [-0.2, 0) is 6.54 Å². The summed E-state index contributed by atoms with van der Waals surface area (Å²) >= 11 is 0. The van der Waals surface area contributed by atoms with Gasteiger partial charge in [-0.25, -0.2) is 4.99 Å². The molecule has 0 aliphatic carbocycles. The second-order valence-electron chi connectivity index (χ2n) is 6.24. The molecule has 1 saturated heterocycles. The molecular weight excluding hydrogens is 300 g/mol. The van der Waals surface area contributed by atoms with Gasteiger partial charge in [-0.05, 0) is 50.0 Å². The van der Waals surface area contributed by atoms with Crippen LogP contribution >= 0.6 is 0 Å². The molecule has 1 aromatic rings. The molecule has 0 bridgehead atoms. The standard InChI is InChI=1S/C19H32N4O/c1-3-22(4-2)14-15-24-18-10-8-17(9-11-18)16-21-19(20)23-12-6-5-7-13-23/h8-11H,3-7,12-16H2,1-2H3,(H2,20,21). The van der Waals surface area contributed by atoms with Crippen LogP contribution in [0.3, 0.4) is 0 Å². The zero-order valence-corrected chi connectivity index (χ0v) is 15.2. The summed E-state index contributed by atoms with van der Waals surface area (Å²) in [5.41, 5.74) is 7.25. The number of hydrogen-bond donors (Lipinski definition) is 1. The van der Waals surface area contributed by atoms with Crippen LogP contribution in [0.15, 0.2) is 29.3 Å². The number of likely N-dealkylation sites (N-methyl/N-ethyl adjacent to an activating group) is 1. The van der Waals surface area contributed by atoms with E-state index in [1.807, 2.05) is 12.1 Å². The predicted octanol–water partition coefficient (Wildman–Crippen LogP) is 2.71. The first-order valence-corrected chi connectivity index (χ1v) is 9.22. The first kappa shape index (κ1) is 18.6. The molecule has 1 heterocycles. The average molecular weight is 332 g/mol. The summed E-state index contributed by atoms with van der Waals surface area (Å²) in [6.07, 6.45) is 3.74. The summed E-state index contributed by atoms with van der Waals surface area (Å²) in [5.74, 6) is 1.59. The molecule has 5 heteroatoms. The average Bonchev–Trinajstić information content (AvgIpc) is 2.65. The molecule has 24 heavy (non-hydrogen) atoms. The van der Waals surface area contributed by atoms with E-state index < -0.39 is 0 Å². The van der Waals surface area contributed by atoms with E-state index in [1.165, 1.54) is 19.3 Å². The maximum atomic E-state index is 6.09. The van der Waals surface area contributed by atoms with Gasteiger partial charge in [0.05, 0.1) is 6.54 Å². The Labute approximate surface area is 146 Å². The number of rotatable bonds is 8. The minimum atomic E-state index is 0.627. The Bertz CT molecular complexity index is 491. The van der Waals surface area contributed by atoms with Crippen LogP contribution in [0.2, 0.25) is 0 Å². The fraction of sp³-hybridized carbons (Fsp3) is 0.632. The second-order valence-corrected chi connectivity index (χ2v) is 6.24. The van der Waals surface area contributed by atoms with Crippen molar-refractivity contribution in [3.05, 3.63) is 29.8 Å². The molecule has 0 saturated carbocycles. The third-order valence-corrected chi connectivity index (χ3v) is 4.60. The Kier molecular flexibility index (Phi) is 7.89. The number of guanidine groups is 1. The third kappa shape index (κ3) is 6.04. The van der Waals surface area contributed by atoms with Crippen LogP contribution in [0.5, 0.6) is 5.75 Å². The van der Waals surface area contributed by atoms with Gasteiger partial charge in [-0.1, -0.05) is 26.0 Å². The van der Waals surface area contributed by atoms with Crippen molar-refractivity contribution in [2.45, 2.75) is 39.7 Å². The Balaban J connectivity index is 1.77. The Morgan fingerprint density at radius 1 is 1.12 bits per heavy atom. The summed E-state index contributed by atoms with van der Waals surface area (Å²) in [6.45, 7) is 10.9. The van der Waals surface area contributed by atoms with Crippen LogP contribution in [-0.4, -0.2) is 55.1 Å². The summed E-state index contributed by atoms with van der Waals surface area (Å²) in [4.78, 5) is 9.07. The van der Waals surface area contributed by atoms with Crippen molar-refractivity contribution in [3.8, 4) is 5.75 Å². The molecule has 2 N–H and O–H groups in total. The summed E-state index contributed by atoms with van der Waals surface area (Å²) in [5, 5.41) is 0. The van der Waals surface area contributed by atoms with Crippen molar-refractivity contribution in [3.63, 3.8) is 0 Å². The number of nitrogens with two attached hydrogens (primary N) is 1. The highest BCUT2D eigenvalue weighted by Gasteiger charge is 2.11. The van der Waals surface area contributed by atoms with E-state index in [9.17, 15) is 0 Å². The van der Waals surface area contributed by atoms with Crippen molar-refractivity contribution in [1.29, 1.82) is 0 Å². The number of ether oxygens (including phenoxy) is 1. The quantitative estimate of drug-likeness (QED) is 0.587. The van der Waals surface area contributed by atoms with E-state index in [1.54, 1.807) is 0 Å². The lowest BCUT2D eigenvalue weighted by atomic mass is 10.1. The molecule has 0 amide bonds. The minimum Gasteiger partial charge on any atom is -0.492 e. The van der Waals surface area contributed by atoms with Gasteiger partial charge in [0.25, 0.3) is 0 Å². The second kappa shape index (κ2) is 10.2. The van der Waals surface area contributed by atoms with Gasteiger partial charge in [0.1, 0.15) is 12.4 Å². The number of benzene rings is 1.